The molecule has 0 atom stereocenters. The number of methoxy groups -OCH3 is 1. The van der Waals surface area contributed by atoms with Crippen molar-refractivity contribution in [2.75, 3.05) is 25.7 Å². The van der Waals surface area contributed by atoms with Gasteiger partial charge >= 0.3 is 0 Å². The summed E-state index contributed by atoms with van der Waals surface area (Å²) in [7, 11) is 1.69. The molecule has 3 nitrogen and oxygen atoms in total. The van der Waals surface area contributed by atoms with Crippen molar-refractivity contribution in [2.45, 2.75) is 39.3 Å². The van der Waals surface area contributed by atoms with E-state index < -0.39 is 0 Å². The van der Waals surface area contributed by atoms with Crippen LogP contribution >= 0.6 is 11.8 Å². The Morgan fingerprint density at radius 2 is 2.00 bits per heavy atom. The molecule has 1 aromatic rings. The Bertz CT molecular complexity index is 402. The lowest BCUT2D eigenvalue weighted by Gasteiger charge is -2.22. The molecular weight excluding hydrogens is 270 g/mol. The molecule has 0 saturated heterocycles. The van der Waals surface area contributed by atoms with E-state index in [1.165, 1.54) is 0 Å². The van der Waals surface area contributed by atoms with Gasteiger partial charge in [0.1, 0.15) is 11.5 Å². The minimum atomic E-state index is 0.0825. The van der Waals surface area contributed by atoms with Crippen LogP contribution in [-0.2, 0) is 6.54 Å². The van der Waals surface area contributed by atoms with Crippen LogP contribution in [-0.4, -0.2) is 31.3 Å². The largest absolute Gasteiger partial charge is 0.497 e. The lowest BCUT2D eigenvalue weighted by Crippen LogP contribution is -2.35. The molecule has 0 aliphatic carbocycles. The van der Waals surface area contributed by atoms with Crippen LogP contribution in [0.5, 0.6) is 11.5 Å². The first kappa shape index (κ1) is 17.2. The van der Waals surface area contributed by atoms with Crippen molar-refractivity contribution in [3.8, 4) is 11.5 Å². The van der Waals surface area contributed by atoms with E-state index in [4.69, 9.17) is 9.47 Å². The van der Waals surface area contributed by atoms with Gasteiger partial charge < -0.3 is 14.8 Å². The summed E-state index contributed by atoms with van der Waals surface area (Å²) in [4.78, 5) is 0. The molecule has 0 fully saturated rings. The maximum atomic E-state index is 5.90. The SMILES string of the molecule is COc1ccc(OCCCSC)c(CNC(C)(C)C)c1. The fraction of sp³-hybridized carbons (Fsp3) is 0.625. The topological polar surface area (TPSA) is 30.5 Å². The van der Waals surface area contributed by atoms with Gasteiger partial charge in [0.05, 0.1) is 13.7 Å². The summed E-state index contributed by atoms with van der Waals surface area (Å²) in [6, 6.07) is 5.99. The van der Waals surface area contributed by atoms with Crippen molar-refractivity contribution in [2.24, 2.45) is 0 Å². The van der Waals surface area contributed by atoms with Crippen LogP contribution in [0.2, 0.25) is 0 Å². The van der Waals surface area contributed by atoms with Gasteiger partial charge in [0.2, 0.25) is 0 Å². The number of hydrogen-bond acceptors (Lipinski definition) is 4. The highest BCUT2D eigenvalue weighted by molar-refractivity contribution is 7.98. The van der Waals surface area contributed by atoms with Crippen molar-refractivity contribution >= 4 is 11.8 Å². The van der Waals surface area contributed by atoms with Gasteiger partial charge in [0, 0.05) is 17.6 Å². The maximum Gasteiger partial charge on any atom is 0.124 e. The summed E-state index contributed by atoms with van der Waals surface area (Å²) >= 11 is 1.85. The first-order valence-corrected chi connectivity index (χ1v) is 8.39. The van der Waals surface area contributed by atoms with E-state index in [2.05, 4.69) is 32.3 Å². The molecule has 0 spiro atoms. The number of benzene rings is 1. The highest BCUT2D eigenvalue weighted by Gasteiger charge is 2.12. The second-order valence-corrected chi connectivity index (χ2v) is 6.76. The number of thioether (sulfide) groups is 1. The van der Waals surface area contributed by atoms with Gasteiger partial charge in [-0.15, -0.1) is 0 Å². The lowest BCUT2D eigenvalue weighted by atomic mass is 10.1. The molecule has 0 bridgehead atoms. The van der Waals surface area contributed by atoms with Crippen LogP contribution in [0.25, 0.3) is 0 Å². The number of ether oxygens (including phenoxy) is 2. The van der Waals surface area contributed by atoms with Crippen molar-refractivity contribution in [3.05, 3.63) is 23.8 Å². The predicted molar refractivity (Wildman–Crippen MR) is 88.1 cm³/mol. The second kappa shape index (κ2) is 8.42. The normalized spacial score (nSPS) is 11.4. The van der Waals surface area contributed by atoms with Crippen LogP contribution in [0.4, 0.5) is 0 Å². The fourth-order valence-electron chi connectivity index (χ4n) is 1.71. The quantitative estimate of drug-likeness (QED) is 0.741. The van der Waals surface area contributed by atoms with E-state index in [9.17, 15) is 0 Å². The molecule has 0 radical (unpaired) electrons. The minimum absolute atomic E-state index is 0.0825. The average Bonchev–Trinajstić information content (AvgIpc) is 2.41. The average molecular weight is 297 g/mol. The van der Waals surface area contributed by atoms with E-state index >= 15 is 0 Å². The molecule has 0 saturated carbocycles. The van der Waals surface area contributed by atoms with E-state index in [-0.39, 0.29) is 5.54 Å². The summed E-state index contributed by atoms with van der Waals surface area (Å²) in [5, 5.41) is 3.49. The van der Waals surface area contributed by atoms with Crippen molar-refractivity contribution < 1.29 is 9.47 Å². The molecule has 0 aliphatic rings. The van der Waals surface area contributed by atoms with Crippen LogP contribution in [0.15, 0.2) is 18.2 Å². The van der Waals surface area contributed by atoms with Crippen molar-refractivity contribution in [1.29, 1.82) is 0 Å². The Kier molecular flexibility index (Phi) is 7.24. The van der Waals surface area contributed by atoms with Crippen LogP contribution < -0.4 is 14.8 Å². The van der Waals surface area contributed by atoms with E-state index in [0.29, 0.717) is 0 Å². The third-order valence-corrected chi connectivity index (χ3v) is 3.52. The van der Waals surface area contributed by atoms with Crippen LogP contribution in [0, 0.1) is 0 Å². The monoisotopic (exact) mass is 297 g/mol. The van der Waals surface area contributed by atoms with Gasteiger partial charge in [-0.1, -0.05) is 0 Å². The first-order chi connectivity index (χ1) is 9.46. The van der Waals surface area contributed by atoms with Gasteiger partial charge in [-0.3, -0.25) is 0 Å². The molecule has 0 aliphatic heterocycles. The van der Waals surface area contributed by atoms with E-state index in [1.807, 2.05) is 30.0 Å². The van der Waals surface area contributed by atoms with Gasteiger partial charge in [-0.25, -0.2) is 0 Å². The standard InChI is InChI=1S/C16H27NO2S/c1-16(2,3)17-12-13-11-14(18-4)7-8-15(13)19-9-6-10-20-5/h7-8,11,17H,6,9-10,12H2,1-5H3. The Labute approximate surface area is 127 Å². The summed E-state index contributed by atoms with van der Waals surface area (Å²) in [6.07, 6.45) is 3.19. The maximum absolute atomic E-state index is 5.90. The summed E-state index contributed by atoms with van der Waals surface area (Å²) in [5.74, 6) is 2.95. The van der Waals surface area contributed by atoms with Gasteiger partial charge in [0.25, 0.3) is 0 Å². The molecule has 1 N–H and O–H groups in total. The summed E-state index contributed by atoms with van der Waals surface area (Å²) in [5.41, 5.74) is 1.22. The predicted octanol–water partition coefficient (Wildman–Crippen LogP) is 3.72. The molecule has 0 amide bonds. The van der Waals surface area contributed by atoms with Crippen LogP contribution in [0.3, 0.4) is 0 Å². The fourth-order valence-corrected chi connectivity index (χ4v) is 2.11. The van der Waals surface area contributed by atoms with E-state index in [1.54, 1.807) is 7.11 Å². The summed E-state index contributed by atoms with van der Waals surface area (Å²) in [6.45, 7) is 8.01. The molecule has 4 heteroatoms. The van der Waals surface area contributed by atoms with Gasteiger partial charge in [-0.05, 0) is 57.4 Å². The van der Waals surface area contributed by atoms with Gasteiger partial charge in [0.15, 0.2) is 0 Å². The lowest BCUT2D eigenvalue weighted by molar-refractivity contribution is 0.311. The number of rotatable bonds is 8. The summed E-state index contributed by atoms with van der Waals surface area (Å²) < 4.78 is 11.2. The zero-order chi connectivity index (χ0) is 15.0. The Balaban J connectivity index is 2.70. The molecule has 1 rings (SSSR count). The number of nitrogens with one attached hydrogen (secondary N) is 1. The van der Waals surface area contributed by atoms with Gasteiger partial charge in [-0.2, -0.15) is 11.8 Å². The third-order valence-electron chi connectivity index (χ3n) is 2.83. The Morgan fingerprint density at radius 1 is 1.25 bits per heavy atom. The molecule has 114 valence electrons. The van der Waals surface area contributed by atoms with Crippen LogP contribution in [0.1, 0.15) is 32.8 Å². The number of hydrogen-bond donors (Lipinski definition) is 1. The molecule has 20 heavy (non-hydrogen) atoms. The highest BCUT2D eigenvalue weighted by Crippen LogP contribution is 2.25. The van der Waals surface area contributed by atoms with E-state index in [0.717, 1.165) is 42.4 Å². The Morgan fingerprint density at radius 3 is 2.60 bits per heavy atom. The van der Waals surface area contributed by atoms with Crippen molar-refractivity contribution in [1.82, 2.24) is 5.32 Å². The smallest absolute Gasteiger partial charge is 0.124 e. The molecule has 0 unspecified atom stereocenters. The van der Waals surface area contributed by atoms with Crippen molar-refractivity contribution in [3.63, 3.8) is 0 Å². The molecular formula is C16H27NO2S. The Hall–Kier alpha value is -0.870. The highest BCUT2D eigenvalue weighted by atomic mass is 32.2. The molecule has 1 aromatic carbocycles. The second-order valence-electron chi connectivity index (χ2n) is 5.77. The zero-order valence-electron chi connectivity index (χ0n) is 13.3. The first-order valence-electron chi connectivity index (χ1n) is 7.00. The zero-order valence-corrected chi connectivity index (χ0v) is 14.1. The molecule has 0 heterocycles. The minimum Gasteiger partial charge on any atom is -0.497 e. The molecule has 0 aromatic heterocycles. The third kappa shape index (κ3) is 6.53.